The van der Waals surface area contributed by atoms with Crippen molar-refractivity contribution < 1.29 is 5.11 Å². The maximum absolute atomic E-state index is 9.40. The molecule has 0 spiro atoms. The molecule has 3 heteroatoms. The van der Waals surface area contributed by atoms with Crippen molar-refractivity contribution in [2.45, 2.75) is 38.8 Å². The van der Waals surface area contributed by atoms with E-state index in [1.807, 2.05) is 12.1 Å². The van der Waals surface area contributed by atoms with Crippen molar-refractivity contribution in [1.82, 2.24) is 5.32 Å². The summed E-state index contributed by atoms with van der Waals surface area (Å²) in [4.78, 5) is 0. The van der Waals surface area contributed by atoms with E-state index in [1.165, 1.54) is 18.4 Å². The number of rotatable bonds is 4. The molecular weight excluding hydrogens is 266 g/mol. The molecule has 0 atom stereocenters. The van der Waals surface area contributed by atoms with E-state index in [0.717, 1.165) is 16.9 Å². The average Bonchev–Trinajstić information content (AvgIpc) is 3.03. The van der Waals surface area contributed by atoms with Crippen molar-refractivity contribution in [3.8, 4) is 5.75 Å². The highest BCUT2D eigenvalue weighted by Crippen LogP contribution is 2.39. The van der Waals surface area contributed by atoms with Gasteiger partial charge in [0, 0.05) is 12.1 Å². The lowest BCUT2D eigenvalue weighted by Crippen LogP contribution is -2.40. The molecule has 0 radical (unpaired) electrons. The molecule has 1 saturated carbocycles. The Morgan fingerprint density at radius 1 is 1.44 bits per heavy atom. The van der Waals surface area contributed by atoms with Crippen LogP contribution >= 0.6 is 15.9 Å². The summed E-state index contributed by atoms with van der Waals surface area (Å²) in [7, 11) is 0. The number of hydrogen-bond donors (Lipinski definition) is 2. The molecule has 0 aromatic heterocycles. The van der Waals surface area contributed by atoms with Crippen LogP contribution in [0.2, 0.25) is 0 Å². The highest BCUT2D eigenvalue weighted by molar-refractivity contribution is 9.10. The first-order chi connectivity index (χ1) is 7.49. The average molecular weight is 284 g/mol. The van der Waals surface area contributed by atoms with Crippen LogP contribution in [0.1, 0.15) is 32.3 Å². The second-order valence-corrected chi connectivity index (χ2v) is 5.99. The number of phenolic OH excluding ortho intramolecular Hbond substituents is 1. The summed E-state index contributed by atoms with van der Waals surface area (Å²) >= 11 is 3.33. The molecule has 0 saturated heterocycles. The van der Waals surface area contributed by atoms with Gasteiger partial charge in [-0.15, -0.1) is 0 Å². The van der Waals surface area contributed by atoms with Gasteiger partial charge in [-0.05, 0) is 66.2 Å². The Bertz CT molecular complexity index is 386. The standard InChI is InChI=1S/C13H18BrNO/c1-13(2,10-4-5-10)15-8-9-3-6-12(16)11(14)7-9/h3,6-7,10,15-16H,4-5,8H2,1-2H3. The van der Waals surface area contributed by atoms with Crippen LogP contribution in [0.15, 0.2) is 22.7 Å². The lowest BCUT2D eigenvalue weighted by atomic mass is 9.98. The number of halogens is 1. The summed E-state index contributed by atoms with van der Waals surface area (Å²) in [6, 6.07) is 5.65. The molecule has 16 heavy (non-hydrogen) atoms. The van der Waals surface area contributed by atoms with E-state index in [9.17, 15) is 5.11 Å². The summed E-state index contributed by atoms with van der Waals surface area (Å²) < 4.78 is 0.760. The first kappa shape index (κ1) is 11.9. The molecular formula is C13H18BrNO. The molecule has 0 aliphatic heterocycles. The van der Waals surface area contributed by atoms with E-state index in [-0.39, 0.29) is 5.54 Å². The van der Waals surface area contributed by atoms with Gasteiger partial charge in [0.05, 0.1) is 4.47 Å². The molecule has 1 aromatic rings. The van der Waals surface area contributed by atoms with E-state index >= 15 is 0 Å². The summed E-state index contributed by atoms with van der Waals surface area (Å²) in [5.41, 5.74) is 1.42. The first-order valence-electron chi connectivity index (χ1n) is 5.71. The van der Waals surface area contributed by atoms with Gasteiger partial charge in [-0.25, -0.2) is 0 Å². The second kappa shape index (κ2) is 4.38. The molecule has 88 valence electrons. The van der Waals surface area contributed by atoms with Gasteiger partial charge in [0.1, 0.15) is 5.75 Å². The number of aromatic hydroxyl groups is 1. The summed E-state index contributed by atoms with van der Waals surface area (Å²) in [6.07, 6.45) is 2.69. The van der Waals surface area contributed by atoms with Gasteiger partial charge in [0.25, 0.3) is 0 Å². The predicted octanol–water partition coefficient (Wildman–Crippen LogP) is 3.43. The zero-order valence-corrected chi connectivity index (χ0v) is 11.3. The minimum atomic E-state index is 0.227. The number of nitrogens with one attached hydrogen (secondary N) is 1. The molecule has 0 unspecified atom stereocenters. The minimum Gasteiger partial charge on any atom is -0.507 e. The topological polar surface area (TPSA) is 32.3 Å². The van der Waals surface area contributed by atoms with E-state index in [2.05, 4.69) is 35.1 Å². The molecule has 2 N–H and O–H groups in total. The number of benzene rings is 1. The zero-order valence-electron chi connectivity index (χ0n) is 9.76. The fraction of sp³-hybridized carbons (Fsp3) is 0.538. The second-order valence-electron chi connectivity index (χ2n) is 5.14. The van der Waals surface area contributed by atoms with E-state index in [1.54, 1.807) is 6.07 Å². The molecule has 0 amide bonds. The lowest BCUT2D eigenvalue weighted by Gasteiger charge is -2.26. The minimum absolute atomic E-state index is 0.227. The quantitative estimate of drug-likeness (QED) is 0.887. The Balaban J connectivity index is 1.96. The van der Waals surface area contributed by atoms with Crippen LogP contribution in [0, 0.1) is 5.92 Å². The van der Waals surface area contributed by atoms with Gasteiger partial charge in [-0.2, -0.15) is 0 Å². The van der Waals surface area contributed by atoms with Crippen LogP contribution in [-0.2, 0) is 6.54 Å². The molecule has 1 aliphatic rings. The van der Waals surface area contributed by atoms with E-state index in [4.69, 9.17) is 0 Å². The highest BCUT2D eigenvalue weighted by Gasteiger charge is 2.37. The molecule has 1 fully saturated rings. The fourth-order valence-electron chi connectivity index (χ4n) is 1.94. The Kier molecular flexibility index (Phi) is 3.27. The Hall–Kier alpha value is -0.540. The Morgan fingerprint density at radius 3 is 2.69 bits per heavy atom. The maximum Gasteiger partial charge on any atom is 0.129 e. The molecule has 1 aliphatic carbocycles. The summed E-state index contributed by atoms with van der Waals surface area (Å²) in [6.45, 7) is 5.38. The van der Waals surface area contributed by atoms with Gasteiger partial charge in [0.2, 0.25) is 0 Å². The molecule has 2 rings (SSSR count). The molecule has 2 nitrogen and oxygen atoms in total. The van der Waals surface area contributed by atoms with E-state index in [0.29, 0.717) is 5.75 Å². The SMILES string of the molecule is CC(C)(NCc1ccc(O)c(Br)c1)C1CC1. The van der Waals surface area contributed by atoms with Crippen molar-refractivity contribution in [2.24, 2.45) is 5.92 Å². The highest BCUT2D eigenvalue weighted by atomic mass is 79.9. The van der Waals surface area contributed by atoms with Crippen LogP contribution in [0.3, 0.4) is 0 Å². The molecule has 1 aromatic carbocycles. The van der Waals surface area contributed by atoms with Gasteiger partial charge < -0.3 is 10.4 Å². The van der Waals surface area contributed by atoms with Gasteiger partial charge >= 0.3 is 0 Å². The van der Waals surface area contributed by atoms with Crippen LogP contribution in [0.4, 0.5) is 0 Å². The van der Waals surface area contributed by atoms with Crippen molar-refractivity contribution in [3.05, 3.63) is 28.2 Å². The van der Waals surface area contributed by atoms with Gasteiger partial charge in [-0.3, -0.25) is 0 Å². The zero-order chi connectivity index (χ0) is 11.8. The lowest BCUT2D eigenvalue weighted by molar-refractivity contribution is 0.339. The van der Waals surface area contributed by atoms with Crippen LogP contribution < -0.4 is 5.32 Å². The normalized spacial score (nSPS) is 16.4. The number of hydrogen-bond acceptors (Lipinski definition) is 2. The summed E-state index contributed by atoms with van der Waals surface area (Å²) in [5.74, 6) is 1.12. The predicted molar refractivity (Wildman–Crippen MR) is 69.4 cm³/mol. The van der Waals surface area contributed by atoms with Crippen molar-refractivity contribution in [2.75, 3.05) is 0 Å². The molecule has 0 heterocycles. The van der Waals surface area contributed by atoms with Crippen molar-refractivity contribution in [1.29, 1.82) is 0 Å². The fourth-order valence-corrected chi connectivity index (χ4v) is 2.37. The van der Waals surface area contributed by atoms with Crippen molar-refractivity contribution >= 4 is 15.9 Å². The third-order valence-corrected chi connectivity index (χ3v) is 3.99. The van der Waals surface area contributed by atoms with Gasteiger partial charge in [-0.1, -0.05) is 6.07 Å². The van der Waals surface area contributed by atoms with Gasteiger partial charge in [0.15, 0.2) is 0 Å². The Morgan fingerprint density at radius 2 is 2.12 bits per heavy atom. The van der Waals surface area contributed by atoms with Crippen LogP contribution in [0.25, 0.3) is 0 Å². The smallest absolute Gasteiger partial charge is 0.129 e. The number of phenols is 1. The molecule has 0 bridgehead atoms. The van der Waals surface area contributed by atoms with Crippen LogP contribution in [-0.4, -0.2) is 10.6 Å². The third-order valence-electron chi connectivity index (χ3n) is 3.36. The third kappa shape index (κ3) is 2.77. The van der Waals surface area contributed by atoms with Crippen molar-refractivity contribution in [3.63, 3.8) is 0 Å². The largest absolute Gasteiger partial charge is 0.507 e. The summed E-state index contributed by atoms with van der Waals surface area (Å²) in [5, 5.41) is 13.0. The Labute approximate surface area is 105 Å². The van der Waals surface area contributed by atoms with Crippen LogP contribution in [0.5, 0.6) is 5.75 Å². The monoisotopic (exact) mass is 283 g/mol. The van der Waals surface area contributed by atoms with E-state index < -0.39 is 0 Å². The first-order valence-corrected chi connectivity index (χ1v) is 6.51. The maximum atomic E-state index is 9.40.